The largest absolute Gasteiger partial charge is 0.399 e. The van der Waals surface area contributed by atoms with Gasteiger partial charge in [-0.15, -0.1) is 0 Å². The Morgan fingerprint density at radius 1 is 1.05 bits per heavy atom. The Kier molecular flexibility index (Phi) is 4.05. The molecule has 0 aliphatic rings. The molecule has 0 fully saturated rings. The molecule has 5 nitrogen and oxygen atoms in total. The normalized spacial score (nSPS) is 11.7. The molecule has 0 aliphatic heterocycles. The van der Waals surface area contributed by atoms with Gasteiger partial charge in [0.15, 0.2) is 0 Å². The van der Waals surface area contributed by atoms with Crippen molar-refractivity contribution >= 4 is 21.9 Å². The number of nitrogens with one attached hydrogen (secondary N) is 1. The number of hydrogen-bond acceptors (Lipinski definition) is 4. The lowest BCUT2D eigenvalue weighted by atomic mass is 10.2. The van der Waals surface area contributed by atoms with E-state index in [0.717, 1.165) is 11.1 Å². The Bertz CT molecular complexity index is 705. The van der Waals surface area contributed by atoms with Crippen molar-refractivity contribution in [2.24, 2.45) is 5.10 Å². The van der Waals surface area contributed by atoms with Crippen molar-refractivity contribution in [3.8, 4) is 0 Å². The first-order chi connectivity index (χ1) is 9.47. The lowest BCUT2D eigenvalue weighted by Crippen LogP contribution is -2.18. The van der Waals surface area contributed by atoms with Crippen molar-refractivity contribution in [1.82, 2.24) is 4.83 Å². The highest BCUT2D eigenvalue weighted by molar-refractivity contribution is 7.89. The predicted molar refractivity (Wildman–Crippen MR) is 79.9 cm³/mol. The summed E-state index contributed by atoms with van der Waals surface area (Å²) in [5.41, 5.74) is 7.96. The maximum absolute atomic E-state index is 11.9. The second kappa shape index (κ2) is 5.75. The molecule has 2 rings (SSSR count). The Morgan fingerprint density at radius 2 is 1.65 bits per heavy atom. The first kappa shape index (κ1) is 14.1. The zero-order valence-corrected chi connectivity index (χ0v) is 11.8. The molecule has 0 unspecified atom stereocenters. The first-order valence-corrected chi connectivity index (χ1v) is 7.43. The van der Waals surface area contributed by atoms with E-state index in [1.807, 2.05) is 31.2 Å². The van der Waals surface area contributed by atoms with Gasteiger partial charge >= 0.3 is 0 Å². The first-order valence-electron chi connectivity index (χ1n) is 5.94. The molecule has 0 saturated carbocycles. The number of nitrogens with zero attached hydrogens (tertiary/aromatic N) is 1. The van der Waals surface area contributed by atoms with Crippen molar-refractivity contribution in [1.29, 1.82) is 0 Å². The van der Waals surface area contributed by atoms with Crippen LogP contribution in [0.5, 0.6) is 0 Å². The molecule has 2 aromatic rings. The molecule has 0 aliphatic carbocycles. The van der Waals surface area contributed by atoms with Crippen molar-refractivity contribution in [2.75, 3.05) is 5.73 Å². The van der Waals surface area contributed by atoms with E-state index in [1.165, 1.54) is 30.5 Å². The summed E-state index contributed by atoms with van der Waals surface area (Å²) < 4.78 is 23.8. The maximum atomic E-state index is 11.9. The van der Waals surface area contributed by atoms with Crippen LogP contribution in [0.25, 0.3) is 0 Å². The third-order valence-corrected chi connectivity index (χ3v) is 3.89. The summed E-state index contributed by atoms with van der Waals surface area (Å²) in [4.78, 5) is 2.28. The minimum atomic E-state index is -3.66. The minimum absolute atomic E-state index is 0.118. The van der Waals surface area contributed by atoms with Crippen LogP contribution in [-0.4, -0.2) is 14.6 Å². The van der Waals surface area contributed by atoms with E-state index in [-0.39, 0.29) is 4.90 Å². The third-order valence-electron chi connectivity index (χ3n) is 2.65. The van der Waals surface area contributed by atoms with Gasteiger partial charge in [-0.25, -0.2) is 4.83 Å². The molecule has 2 aromatic carbocycles. The zero-order valence-electron chi connectivity index (χ0n) is 10.9. The van der Waals surface area contributed by atoms with Gasteiger partial charge in [-0.2, -0.15) is 13.5 Å². The Hall–Kier alpha value is -2.34. The molecule has 6 heteroatoms. The summed E-state index contributed by atoms with van der Waals surface area (Å²) in [6, 6.07) is 13.5. The molecule has 0 aromatic heterocycles. The maximum Gasteiger partial charge on any atom is 0.276 e. The molecule has 0 bridgehead atoms. The van der Waals surface area contributed by atoms with E-state index in [1.54, 1.807) is 0 Å². The third kappa shape index (κ3) is 3.58. The molecule has 0 saturated heterocycles. The smallest absolute Gasteiger partial charge is 0.276 e. The van der Waals surface area contributed by atoms with Gasteiger partial charge in [-0.05, 0) is 36.8 Å². The fraction of sp³-hybridized carbons (Fsp3) is 0.0714. The Labute approximate surface area is 118 Å². The van der Waals surface area contributed by atoms with E-state index >= 15 is 0 Å². The van der Waals surface area contributed by atoms with E-state index in [0.29, 0.717) is 5.69 Å². The lowest BCUT2D eigenvalue weighted by Gasteiger charge is -2.03. The highest BCUT2D eigenvalue weighted by atomic mass is 32.2. The zero-order chi connectivity index (χ0) is 14.6. The summed E-state index contributed by atoms with van der Waals surface area (Å²) in [6.07, 6.45) is 1.45. The lowest BCUT2D eigenvalue weighted by molar-refractivity contribution is 0.584. The van der Waals surface area contributed by atoms with Crippen LogP contribution in [0.1, 0.15) is 11.1 Å². The second-order valence-corrected chi connectivity index (χ2v) is 5.99. The number of nitrogen functional groups attached to an aromatic ring is 1. The quantitative estimate of drug-likeness (QED) is 0.512. The molecule has 0 heterocycles. The highest BCUT2D eigenvalue weighted by Crippen LogP contribution is 2.11. The van der Waals surface area contributed by atoms with Crippen LogP contribution < -0.4 is 10.6 Å². The number of nitrogens with two attached hydrogens (primary N) is 1. The number of aryl methyl sites for hydroxylation is 1. The molecular formula is C14H15N3O2S. The van der Waals surface area contributed by atoms with Gasteiger partial charge in [0.1, 0.15) is 0 Å². The average Bonchev–Trinajstić information content (AvgIpc) is 2.41. The standard InChI is InChI=1S/C14H15N3O2S/c1-11-2-4-12(5-3-11)10-16-17-20(18,19)14-8-6-13(15)7-9-14/h2-10,17H,15H2,1H3/b16-10-. The van der Waals surface area contributed by atoms with Gasteiger partial charge in [-0.1, -0.05) is 29.8 Å². The van der Waals surface area contributed by atoms with Crippen LogP contribution in [0.2, 0.25) is 0 Å². The summed E-state index contributed by atoms with van der Waals surface area (Å²) in [7, 11) is -3.66. The van der Waals surface area contributed by atoms with Crippen LogP contribution >= 0.6 is 0 Å². The number of hydrazone groups is 1. The fourth-order valence-corrected chi connectivity index (χ4v) is 2.31. The topological polar surface area (TPSA) is 84.5 Å². The molecule has 0 radical (unpaired) electrons. The summed E-state index contributed by atoms with van der Waals surface area (Å²) in [6.45, 7) is 1.98. The van der Waals surface area contributed by atoms with Crippen LogP contribution in [0.3, 0.4) is 0 Å². The van der Waals surface area contributed by atoms with Gasteiger partial charge in [0.05, 0.1) is 11.1 Å². The Balaban J connectivity index is 2.09. The van der Waals surface area contributed by atoms with Gasteiger partial charge in [0.25, 0.3) is 10.0 Å². The Morgan fingerprint density at radius 3 is 2.25 bits per heavy atom. The number of benzene rings is 2. The van der Waals surface area contributed by atoms with Gasteiger partial charge in [0, 0.05) is 5.69 Å². The monoisotopic (exact) mass is 289 g/mol. The van der Waals surface area contributed by atoms with Crippen molar-refractivity contribution in [3.63, 3.8) is 0 Å². The van der Waals surface area contributed by atoms with E-state index in [2.05, 4.69) is 9.93 Å². The number of sulfonamides is 1. The average molecular weight is 289 g/mol. The molecule has 0 atom stereocenters. The van der Waals surface area contributed by atoms with Crippen molar-refractivity contribution < 1.29 is 8.42 Å². The summed E-state index contributed by atoms with van der Waals surface area (Å²) in [5.74, 6) is 0. The van der Waals surface area contributed by atoms with Crippen molar-refractivity contribution in [2.45, 2.75) is 11.8 Å². The highest BCUT2D eigenvalue weighted by Gasteiger charge is 2.11. The van der Waals surface area contributed by atoms with Crippen LogP contribution in [0.15, 0.2) is 58.5 Å². The SMILES string of the molecule is Cc1ccc(/C=N\NS(=O)(=O)c2ccc(N)cc2)cc1. The van der Waals surface area contributed by atoms with Crippen molar-refractivity contribution in [3.05, 3.63) is 59.7 Å². The molecular weight excluding hydrogens is 274 g/mol. The summed E-state index contributed by atoms with van der Waals surface area (Å²) in [5, 5.41) is 3.75. The van der Waals surface area contributed by atoms with Gasteiger partial charge in [-0.3, -0.25) is 0 Å². The van der Waals surface area contributed by atoms with Crippen LogP contribution in [0, 0.1) is 6.92 Å². The van der Waals surface area contributed by atoms with E-state index in [4.69, 9.17) is 5.73 Å². The molecule has 3 N–H and O–H groups in total. The minimum Gasteiger partial charge on any atom is -0.399 e. The molecule has 0 spiro atoms. The van der Waals surface area contributed by atoms with E-state index < -0.39 is 10.0 Å². The van der Waals surface area contributed by atoms with Gasteiger partial charge < -0.3 is 5.73 Å². The fourth-order valence-electron chi connectivity index (χ4n) is 1.52. The summed E-state index contributed by atoms with van der Waals surface area (Å²) >= 11 is 0. The number of anilines is 1. The molecule has 0 amide bonds. The van der Waals surface area contributed by atoms with Crippen LogP contribution in [-0.2, 0) is 10.0 Å². The molecule has 104 valence electrons. The van der Waals surface area contributed by atoms with E-state index in [9.17, 15) is 8.42 Å². The predicted octanol–water partition coefficient (Wildman–Crippen LogP) is 1.89. The molecule has 20 heavy (non-hydrogen) atoms. The number of hydrogen-bond donors (Lipinski definition) is 2. The van der Waals surface area contributed by atoms with Crippen LogP contribution in [0.4, 0.5) is 5.69 Å². The number of rotatable bonds is 4. The second-order valence-electron chi connectivity index (χ2n) is 4.33. The van der Waals surface area contributed by atoms with Gasteiger partial charge in [0.2, 0.25) is 0 Å².